The molecular weight excluding hydrogens is 174 g/mol. The van der Waals surface area contributed by atoms with Gasteiger partial charge >= 0.3 is 0 Å². The van der Waals surface area contributed by atoms with E-state index in [2.05, 4.69) is 10.3 Å². The van der Waals surface area contributed by atoms with E-state index < -0.39 is 0 Å². The van der Waals surface area contributed by atoms with Crippen molar-refractivity contribution in [3.05, 3.63) is 29.3 Å². The minimum absolute atomic E-state index is 0.626. The van der Waals surface area contributed by atoms with Gasteiger partial charge in [-0.25, -0.2) is 0 Å². The van der Waals surface area contributed by atoms with Crippen LogP contribution in [0.25, 0.3) is 0 Å². The van der Waals surface area contributed by atoms with Gasteiger partial charge in [-0.1, -0.05) is 17.4 Å². The molecule has 0 spiro atoms. The summed E-state index contributed by atoms with van der Waals surface area (Å²) in [5.74, 6) is 0. The zero-order valence-corrected chi connectivity index (χ0v) is 7.41. The molecule has 1 heterocycles. The highest BCUT2D eigenvalue weighted by Crippen LogP contribution is 2.27. The lowest BCUT2D eigenvalue weighted by atomic mass is 10.1. The zero-order chi connectivity index (χ0) is 8.55. The van der Waals surface area contributed by atoms with E-state index in [0.717, 1.165) is 11.3 Å². The first-order chi connectivity index (χ1) is 5.75. The fraction of sp³-hybridized carbons (Fsp3) is 0.250. The summed E-state index contributed by atoms with van der Waals surface area (Å²) in [7, 11) is 0. The summed E-state index contributed by atoms with van der Waals surface area (Å²) in [6.45, 7) is 2.66. The Hall–Kier alpha value is -1.09. The number of fused-ring (bicyclic) bond motifs is 1. The molecule has 1 aliphatic rings. The lowest BCUT2D eigenvalue weighted by Gasteiger charge is -2.14. The number of halogens is 1. The molecule has 0 amide bonds. The molecule has 0 N–H and O–H groups in total. The third-order valence-electron chi connectivity index (χ3n) is 1.79. The van der Waals surface area contributed by atoms with E-state index in [1.54, 1.807) is 0 Å². The third-order valence-corrected chi connectivity index (χ3v) is 1.98. The average Bonchev–Trinajstić information content (AvgIpc) is 2.05. The molecular formula is C8H8ClN3. The van der Waals surface area contributed by atoms with Crippen LogP contribution in [0.4, 0.5) is 5.69 Å². The standard InChI is InChI=1S/C8H8ClN3/c1-6-2-3-7-5-12(9)11-10-8(7)4-6/h2-4H,5H2,1H3. The summed E-state index contributed by atoms with van der Waals surface area (Å²) in [4.78, 5) is 0. The van der Waals surface area contributed by atoms with Gasteiger partial charge in [0.1, 0.15) is 0 Å². The van der Waals surface area contributed by atoms with Crippen LogP contribution in [0.5, 0.6) is 0 Å². The van der Waals surface area contributed by atoms with Crippen molar-refractivity contribution < 1.29 is 0 Å². The normalized spacial score (nSPS) is 14.7. The second kappa shape index (κ2) is 2.75. The Balaban J connectivity index is 2.47. The molecule has 0 radical (unpaired) electrons. The van der Waals surface area contributed by atoms with E-state index in [-0.39, 0.29) is 0 Å². The maximum absolute atomic E-state index is 5.66. The van der Waals surface area contributed by atoms with Crippen LogP contribution in [0.3, 0.4) is 0 Å². The van der Waals surface area contributed by atoms with Crippen LogP contribution in [-0.4, -0.2) is 4.53 Å². The summed E-state index contributed by atoms with van der Waals surface area (Å²) in [6.07, 6.45) is 0. The van der Waals surface area contributed by atoms with Crippen molar-refractivity contribution >= 4 is 17.5 Å². The Morgan fingerprint density at radius 2 is 2.33 bits per heavy atom. The van der Waals surface area contributed by atoms with Crippen LogP contribution in [-0.2, 0) is 6.54 Å². The number of aryl methyl sites for hydroxylation is 1. The Kier molecular flexibility index (Phi) is 1.73. The molecule has 0 bridgehead atoms. The molecule has 1 aromatic rings. The number of hydrogen-bond donors (Lipinski definition) is 0. The van der Waals surface area contributed by atoms with Crippen LogP contribution < -0.4 is 0 Å². The zero-order valence-electron chi connectivity index (χ0n) is 6.66. The number of benzene rings is 1. The Labute approximate surface area is 75.7 Å². The van der Waals surface area contributed by atoms with Gasteiger partial charge in [-0.15, -0.1) is 5.11 Å². The van der Waals surface area contributed by atoms with E-state index in [4.69, 9.17) is 11.8 Å². The molecule has 3 nitrogen and oxygen atoms in total. The maximum Gasteiger partial charge on any atom is 0.0928 e. The van der Waals surface area contributed by atoms with E-state index >= 15 is 0 Å². The molecule has 0 atom stereocenters. The summed E-state index contributed by atoms with van der Waals surface area (Å²) < 4.78 is 1.30. The van der Waals surface area contributed by atoms with Gasteiger partial charge in [-0.05, 0) is 18.6 Å². The van der Waals surface area contributed by atoms with Gasteiger partial charge in [0.25, 0.3) is 0 Å². The van der Waals surface area contributed by atoms with Gasteiger partial charge < -0.3 is 0 Å². The van der Waals surface area contributed by atoms with Crippen molar-refractivity contribution in [3.8, 4) is 0 Å². The van der Waals surface area contributed by atoms with E-state index in [1.165, 1.54) is 10.1 Å². The van der Waals surface area contributed by atoms with Crippen molar-refractivity contribution in [3.63, 3.8) is 0 Å². The molecule has 1 aliphatic heterocycles. The largest absolute Gasteiger partial charge is 0.182 e. The highest BCUT2D eigenvalue weighted by Gasteiger charge is 2.10. The van der Waals surface area contributed by atoms with Gasteiger partial charge in [-0.2, -0.15) is 4.53 Å². The molecule has 0 saturated carbocycles. The lowest BCUT2D eigenvalue weighted by molar-refractivity contribution is 0.436. The molecule has 12 heavy (non-hydrogen) atoms. The van der Waals surface area contributed by atoms with Crippen LogP contribution in [0.1, 0.15) is 11.1 Å². The number of nitrogens with zero attached hydrogens (tertiary/aromatic N) is 3. The first kappa shape index (κ1) is 7.55. The third kappa shape index (κ3) is 1.28. The predicted octanol–water partition coefficient (Wildman–Crippen LogP) is 2.96. The summed E-state index contributed by atoms with van der Waals surface area (Å²) in [5, 5.41) is 7.69. The second-order valence-corrected chi connectivity index (χ2v) is 3.21. The molecule has 0 aromatic heterocycles. The molecule has 0 fully saturated rings. The van der Waals surface area contributed by atoms with E-state index in [1.807, 2.05) is 25.1 Å². The molecule has 1 aromatic carbocycles. The Bertz CT molecular complexity index is 335. The average molecular weight is 182 g/mol. The first-order valence-corrected chi connectivity index (χ1v) is 4.04. The molecule has 0 unspecified atom stereocenters. The summed E-state index contributed by atoms with van der Waals surface area (Å²) >= 11 is 5.66. The van der Waals surface area contributed by atoms with Crippen molar-refractivity contribution in [1.82, 2.24) is 4.53 Å². The molecule has 62 valence electrons. The van der Waals surface area contributed by atoms with Gasteiger partial charge in [0.2, 0.25) is 0 Å². The van der Waals surface area contributed by atoms with Crippen LogP contribution in [0, 0.1) is 6.92 Å². The Morgan fingerprint density at radius 1 is 1.50 bits per heavy atom. The Morgan fingerprint density at radius 3 is 3.17 bits per heavy atom. The van der Waals surface area contributed by atoms with Crippen molar-refractivity contribution in [2.24, 2.45) is 10.3 Å². The van der Waals surface area contributed by atoms with Crippen molar-refractivity contribution in [1.29, 1.82) is 0 Å². The monoisotopic (exact) mass is 181 g/mol. The second-order valence-electron chi connectivity index (χ2n) is 2.82. The number of hydrogen-bond acceptors (Lipinski definition) is 3. The summed E-state index contributed by atoms with van der Waals surface area (Å²) in [5.41, 5.74) is 3.23. The van der Waals surface area contributed by atoms with Crippen LogP contribution in [0.2, 0.25) is 0 Å². The van der Waals surface area contributed by atoms with Gasteiger partial charge in [-0.3, -0.25) is 0 Å². The van der Waals surface area contributed by atoms with Crippen LogP contribution in [0.15, 0.2) is 28.5 Å². The lowest BCUT2D eigenvalue weighted by Crippen LogP contribution is -2.06. The highest BCUT2D eigenvalue weighted by atomic mass is 35.5. The minimum Gasteiger partial charge on any atom is -0.182 e. The van der Waals surface area contributed by atoms with Gasteiger partial charge in [0.05, 0.1) is 12.2 Å². The molecule has 0 aliphatic carbocycles. The molecule has 2 rings (SSSR count). The smallest absolute Gasteiger partial charge is 0.0928 e. The topological polar surface area (TPSA) is 28.0 Å². The quantitative estimate of drug-likeness (QED) is 0.566. The van der Waals surface area contributed by atoms with Crippen LogP contribution >= 0.6 is 11.8 Å². The van der Waals surface area contributed by atoms with Gasteiger partial charge in [0.15, 0.2) is 0 Å². The van der Waals surface area contributed by atoms with Crippen molar-refractivity contribution in [2.75, 3.05) is 0 Å². The van der Waals surface area contributed by atoms with E-state index in [9.17, 15) is 0 Å². The highest BCUT2D eigenvalue weighted by molar-refractivity contribution is 6.13. The van der Waals surface area contributed by atoms with Gasteiger partial charge in [0, 0.05) is 17.3 Å². The maximum atomic E-state index is 5.66. The fourth-order valence-corrected chi connectivity index (χ4v) is 1.33. The minimum atomic E-state index is 0.626. The first-order valence-electron chi connectivity index (χ1n) is 3.70. The molecule has 0 saturated heterocycles. The predicted molar refractivity (Wildman–Crippen MR) is 47.1 cm³/mol. The SMILES string of the molecule is Cc1ccc2c(c1)N=NN(Cl)C2. The van der Waals surface area contributed by atoms with Crippen molar-refractivity contribution in [2.45, 2.75) is 13.5 Å². The number of rotatable bonds is 0. The summed E-state index contributed by atoms with van der Waals surface area (Å²) in [6, 6.07) is 6.07. The molecule has 4 heteroatoms. The van der Waals surface area contributed by atoms with E-state index in [0.29, 0.717) is 6.54 Å². The fourth-order valence-electron chi connectivity index (χ4n) is 1.17.